The molecule has 1 saturated carbocycles. The molecule has 0 atom stereocenters. The molecule has 1 aromatic heterocycles. The third kappa shape index (κ3) is 4.81. The van der Waals surface area contributed by atoms with E-state index >= 15 is 0 Å². The molecule has 0 aliphatic heterocycles. The van der Waals surface area contributed by atoms with Gasteiger partial charge in [0.05, 0.1) is 0 Å². The Morgan fingerprint density at radius 1 is 1.15 bits per heavy atom. The van der Waals surface area contributed by atoms with Crippen LogP contribution in [0.15, 0.2) is 36.4 Å². The second kappa shape index (κ2) is 8.79. The van der Waals surface area contributed by atoms with Crippen molar-refractivity contribution in [2.45, 2.75) is 58.5 Å². The Kier molecular flexibility index (Phi) is 6.21. The Morgan fingerprint density at radius 3 is 2.58 bits per heavy atom. The van der Waals surface area contributed by atoms with Crippen molar-refractivity contribution in [3.05, 3.63) is 53.5 Å². The van der Waals surface area contributed by atoms with Gasteiger partial charge in [-0.1, -0.05) is 49.6 Å². The number of anilines is 1. The molecule has 0 radical (unpaired) electrons. The van der Waals surface area contributed by atoms with Gasteiger partial charge in [-0.2, -0.15) is 0 Å². The molecule has 0 spiro atoms. The third-order valence-electron chi connectivity index (χ3n) is 4.92. The first-order valence-corrected chi connectivity index (χ1v) is 9.61. The lowest BCUT2D eigenvalue weighted by Gasteiger charge is -2.24. The van der Waals surface area contributed by atoms with Gasteiger partial charge in [-0.25, -0.2) is 9.97 Å². The largest absolute Gasteiger partial charge is 0.352 e. The smallest absolute Gasteiger partial charge is 0.270 e. The van der Waals surface area contributed by atoms with E-state index in [1.807, 2.05) is 31.2 Å². The van der Waals surface area contributed by atoms with E-state index in [0.717, 1.165) is 31.7 Å². The number of aromatic nitrogens is 2. The van der Waals surface area contributed by atoms with E-state index in [-0.39, 0.29) is 11.9 Å². The van der Waals surface area contributed by atoms with E-state index < -0.39 is 0 Å². The molecular formula is C21H28N4O. The van der Waals surface area contributed by atoms with Gasteiger partial charge in [0.15, 0.2) is 0 Å². The minimum Gasteiger partial charge on any atom is -0.352 e. The fourth-order valence-corrected chi connectivity index (χ4v) is 3.50. The minimum atomic E-state index is -0.0839. The van der Waals surface area contributed by atoms with Crippen molar-refractivity contribution in [2.75, 3.05) is 11.4 Å². The molecule has 1 N–H and O–H groups in total. The highest BCUT2D eigenvalue weighted by Gasteiger charge is 2.19. The van der Waals surface area contributed by atoms with Crippen molar-refractivity contribution < 1.29 is 4.79 Å². The molecule has 3 rings (SSSR count). The molecule has 1 aromatic carbocycles. The van der Waals surface area contributed by atoms with Gasteiger partial charge in [-0.3, -0.25) is 4.79 Å². The molecule has 0 unspecified atom stereocenters. The van der Waals surface area contributed by atoms with Crippen LogP contribution in [-0.2, 0) is 6.54 Å². The monoisotopic (exact) mass is 352 g/mol. The zero-order valence-electron chi connectivity index (χ0n) is 15.7. The first-order valence-electron chi connectivity index (χ1n) is 9.61. The van der Waals surface area contributed by atoms with Crippen LogP contribution < -0.4 is 10.2 Å². The summed E-state index contributed by atoms with van der Waals surface area (Å²) in [4.78, 5) is 23.8. The molecule has 1 aliphatic rings. The third-order valence-corrected chi connectivity index (χ3v) is 4.92. The van der Waals surface area contributed by atoms with E-state index in [1.54, 1.807) is 0 Å². The van der Waals surface area contributed by atoms with E-state index in [1.165, 1.54) is 24.8 Å². The molecule has 5 nitrogen and oxygen atoms in total. The van der Waals surface area contributed by atoms with Gasteiger partial charge in [-0.05, 0) is 32.3 Å². The highest BCUT2D eigenvalue weighted by Crippen LogP contribution is 2.19. The maximum atomic E-state index is 12.7. The van der Waals surface area contributed by atoms with E-state index in [4.69, 9.17) is 0 Å². The van der Waals surface area contributed by atoms with Crippen molar-refractivity contribution in [2.24, 2.45) is 0 Å². The quantitative estimate of drug-likeness (QED) is 0.857. The minimum absolute atomic E-state index is 0.0839. The van der Waals surface area contributed by atoms with Crippen LogP contribution in [0.25, 0.3) is 0 Å². The number of hydrogen-bond donors (Lipinski definition) is 1. The van der Waals surface area contributed by atoms with Crippen molar-refractivity contribution >= 4 is 11.7 Å². The van der Waals surface area contributed by atoms with Crippen molar-refractivity contribution in [1.82, 2.24) is 15.3 Å². The zero-order valence-corrected chi connectivity index (χ0v) is 15.7. The van der Waals surface area contributed by atoms with Crippen LogP contribution in [0.2, 0.25) is 0 Å². The van der Waals surface area contributed by atoms with Crippen molar-refractivity contribution in [1.29, 1.82) is 0 Å². The molecule has 2 aromatic rings. The van der Waals surface area contributed by atoms with Gasteiger partial charge in [0.1, 0.15) is 17.3 Å². The molecule has 26 heavy (non-hydrogen) atoms. The number of benzene rings is 1. The average Bonchev–Trinajstić information content (AvgIpc) is 2.67. The van der Waals surface area contributed by atoms with Crippen LogP contribution in [0.4, 0.5) is 5.82 Å². The Labute approximate surface area is 155 Å². The fourth-order valence-electron chi connectivity index (χ4n) is 3.50. The molecule has 0 saturated heterocycles. The first kappa shape index (κ1) is 18.4. The average molecular weight is 352 g/mol. The van der Waals surface area contributed by atoms with Gasteiger partial charge < -0.3 is 10.2 Å². The van der Waals surface area contributed by atoms with Crippen LogP contribution in [-0.4, -0.2) is 28.5 Å². The van der Waals surface area contributed by atoms with Gasteiger partial charge in [0.25, 0.3) is 5.91 Å². The van der Waals surface area contributed by atoms with Crippen molar-refractivity contribution in [3.8, 4) is 0 Å². The molecule has 1 fully saturated rings. The van der Waals surface area contributed by atoms with E-state index in [9.17, 15) is 4.79 Å². The summed E-state index contributed by atoms with van der Waals surface area (Å²) >= 11 is 0. The molecule has 1 amide bonds. The number of carbonyl (C=O) groups excluding carboxylic acids is 1. The summed E-state index contributed by atoms with van der Waals surface area (Å²) in [7, 11) is 0. The highest BCUT2D eigenvalue weighted by molar-refractivity contribution is 5.93. The van der Waals surface area contributed by atoms with Gasteiger partial charge in [-0.15, -0.1) is 0 Å². The number of amides is 1. The molecule has 138 valence electrons. The normalized spacial score (nSPS) is 14.8. The first-order chi connectivity index (χ1) is 12.7. The van der Waals surface area contributed by atoms with Crippen molar-refractivity contribution in [3.63, 3.8) is 0 Å². The summed E-state index contributed by atoms with van der Waals surface area (Å²) in [5, 5.41) is 3.15. The topological polar surface area (TPSA) is 58.1 Å². The number of nitrogens with one attached hydrogen (secondary N) is 1. The number of nitrogens with zero attached hydrogens (tertiary/aromatic N) is 3. The predicted octanol–water partition coefficient (Wildman–Crippen LogP) is 3.87. The lowest BCUT2D eigenvalue weighted by Crippen LogP contribution is -2.37. The predicted molar refractivity (Wildman–Crippen MR) is 104 cm³/mol. The lowest BCUT2D eigenvalue weighted by molar-refractivity contribution is 0.0922. The Hall–Kier alpha value is -2.43. The van der Waals surface area contributed by atoms with Gasteiger partial charge >= 0.3 is 0 Å². The summed E-state index contributed by atoms with van der Waals surface area (Å²) in [5.74, 6) is 1.35. The van der Waals surface area contributed by atoms with Crippen LogP contribution in [0.5, 0.6) is 0 Å². The Bertz CT molecular complexity index is 726. The van der Waals surface area contributed by atoms with Crippen LogP contribution in [0.3, 0.4) is 0 Å². The lowest BCUT2D eigenvalue weighted by atomic mass is 9.95. The summed E-state index contributed by atoms with van der Waals surface area (Å²) in [6.45, 7) is 5.52. The number of rotatable bonds is 6. The number of aryl methyl sites for hydroxylation is 1. The summed E-state index contributed by atoms with van der Waals surface area (Å²) < 4.78 is 0. The zero-order chi connectivity index (χ0) is 18.4. The number of carbonyl (C=O) groups is 1. The number of hydrogen-bond acceptors (Lipinski definition) is 4. The van der Waals surface area contributed by atoms with Crippen LogP contribution in [0, 0.1) is 6.92 Å². The summed E-state index contributed by atoms with van der Waals surface area (Å²) in [6.07, 6.45) is 5.79. The molecule has 1 heterocycles. The maximum absolute atomic E-state index is 12.7. The second-order valence-corrected chi connectivity index (χ2v) is 6.97. The molecule has 5 heteroatoms. The Balaban J connectivity index is 1.76. The molecule has 0 bridgehead atoms. The highest BCUT2D eigenvalue weighted by atomic mass is 16.1. The maximum Gasteiger partial charge on any atom is 0.270 e. The van der Waals surface area contributed by atoms with Gasteiger partial charge in [0.2, 0.25) is 0 Å². The molecule has 1 aliphatic carbocycles. The SMILES string of the molecule is CCN(Cc1ccccc1)c1cc(C(=O)NC2CCCCC2)nc(C)n1. The molecular weight excluding hydrogens is 324 g/mol. The Morgan fingerprint density at radius 2 is 1.88 bits per heavy atom. The van der Waals surface area contributed by atoms with Crippen LogP contribution in [0.1, 0.15) is 60.9 Å². The van der Waals surface area contributed by atoms with Gasteiger partial charge in [0, 0.05) is 25.2 Å². The standard InChI is InChI=1S/C21H28N4O/c1-3-25(15-17-10-6-4-7-11-17)20-14-19(22-16(2)23-20)21(26)24-18-12-8-5-9-13-18/h4,6-7,10-11,14,18H,3,5,8-9,12-13,15H2,1-2H3,(H,24,26). The second-order valence-electron chi connectivity index (χ2n) is 6.97. The van der Waals surface area contributed by atoms with E-state index in [2.05, 4.69) is 39.2 Å². The van der Waals surface area contributed by atoms with Crippen LogP contribution >= 0.6 is 0 Å². The summed E-state index contributed by atoms with van der Waals surface area (Å²) in [6, 6.07) is 12.4. The fraction of sp³-hybridized carbons (Fsp3) is 0.476. The van der Waals surface area contributed by atoms with E-state index in [0.29, 0.717) is 11.5 Å². The summed E-state index contributed by atoms with van der Waals surface area (Å²) in [5.41, 5.74) is 1.68.